The molecule has 33 heavy (non-hydrogen) atoms. The SMILES string of the molecule is CC1CCC(C(=O)N(c2cc(C#CC(C)(C)C)sc2C(=O)O)C2CCC(O)CC2)CC1.CO. The average molecular weight is 478 g/mol. The van der Waals surface area contributed by atoms with Crippen molar-refractivity contribution < 1.29 is 24.9 Å². The largest absolute Gasteiger partial charge is 0.477 e. The molecular formula is C26H39NO5S. The third-order valence-corrected chi connectivity index (χ3v) is 7.39. The van der Waals surface area contributed by atoms with Crippen molar-refractivity contribution in [1.29, 1.82) is 0 Å². The van der Waals surface area contributed by atoms with Crippen LogP contribution in [0.4, 0.5) is 5.69 Å². The van der Waals surface area contributed by atoms with Gasteiger partial charge in [0.25, 0.3) is 0 Å². The summed E-state index contributed by atoms with van der Waals surface area (Å²) >= 11 is 1.15. The molecule has 2 fully saturated rings. The van der Waals surface area contributed by atoms with Crippen LogP contribution in [0.15, 0.2) is 6.07 Å². The lowest BCUT2D eigenvalue weighted by Crippen LogP contribution is -2.47. The maximum atomic E-state index is 13.7. The average Bonchev–Trinajstić information content (AvgIpc) is 3.19. The number of carboxylic acid groups (broad SMARTS) is 1. The fourth-order valence-electron chi connectivity index (χ4n) is 4.54. The third-order valence-electron chi connectivity index (χ3n) is 6.36. The summed E-state index contributed by atoms with van der Waals surface area (Å²) < 4.78 is 0. The van der Waals surface area contributed by atoms with Crippen LogP contribution < -0.4 is 4.90 Å². The van der Waals surface area contributed by atoms with Gasteiger partial charge in [0.15, 0.2) is 0 Å². The van der Waals surface area contributed by atoms with Gasteiger partial charge < -0.3 is 20.2 Å². The minimum Gasteiger partial charge on any atom is -0.477 e. The Morgan fingerprint density at radius 2 is 1.61 bits per heavy atom. The number of amides is 1. The quantitative estimate of drug-likeness (QED) is 0.535. The summed E-state index contributed by atoms with van der Waals surface area (Å²) in [7, 11) is 1.00. The highest BCUT2D eigenvalue weighted by Gasteiger charge is 2.37. The van der Waals surface area contributed by atoms with Crippen molar-refractivity contribution in [2.75, 3.05) is 12.0 Å². The van der Waals surface area contributed by atoms with E-state index in [1.165, 1.54) is 0 Å². The van der Waals surface area contributed by atoms with Gasteiger partial charge in [-0.3, -0.25) is 4.79 Å². The number of carboxylic acids is 1. The number of anilines is 1. The Kier molecular flexibility index (Phi) is 9.96. The van der Waals surface area contributed by atoms with Gasteiger partial charge >= 0.3 is 5.97 Å². The predicted molar refractivity (Wildman–Crippen MR) is 133 cm³/mol. The minimum absolute atomic E-state index is 0.0453. The van der Waals surface area contributed by atoms with Crippen LogP contribution in [0, 0.1) is 29.1 Å². The second kappa shape index (κ2) is 12.0. The number of carbonyl (C=O) groups excluding carboxylic acids is 1. The fourth-order valence-corrected chi connectivity index (χ4v) is 5.38. The molecule has 2 aliphatic rings. The number of carbonyl (C=O) groups is 2. The molecular weight excluding hydrogens is 438 g/mol. The zero-order chi connectivity index (χ0) is 24.8. The molecule has 3 rings (SSSR count). The van der Waals surface area contributed by atoms with Crippen LogP contribution in [0.2, 0.25) is 0 Å². The Morgan fingerprint density at radius 1 is 1.03 bits per heavy atom. The molecule has 0 aliphatic heterocycles. The van der Waals surface area contributed by atoms with Gasteiger partial charge in [-0.15, -0.1) is 11.3 Å². The predicted octanol–water partition coefficient (Wildman–Crippen LogP) is 4.92. The summed E-state index contributed by atoms with van der Waals surface area (Å²) in [6.07, 6.45) is 6.10. The van der Waals surface area contributed by atoms with Gasteiger partial charge in [-0.05, 0) is 84.1 Å². The van der Waals surface area contributed by atoms with Crippen molar-refractivity contribution in [3.05, 3.63) is 15.8 Å². The molecule has 7 heteroatoms. The molecule has 6 nitrogen and oxygen atoms in total. The van der Waals surface area contributed by atoms with E-state index < -0.39 is 5.97 Å². The Labute approximate surface area is 202 Å². The van der Waals surface area contributed by atoms with E-state index in [9.17, 15) is 19.8 Å². The Morgan fingerprint density at radius 3 is 2.12 bits per heavy atom. The van der Waals surface area contributed by atoms with E-state index >= 15 is 0 Å². The smallest absolute Gasteiger partial charge is 0.348 e. The van der Waals surface area contributed by atoms with Crippen molar-refractivity contribution >= 4 is 28.9 Å². The standard InChI is InChI=1S/C25H35NO4S.CH4O/c1-16-5-7-17(8-6-16)23(28)26(18-9-11-19(27)12-10-18)21-15-20(13-14-25(2,3)4)31-22(21)24(29)30;1-2/h15-19,27H,5-12H2,1-4H3,(H,29,30);2H,1H3. The van der Waals surface area contributed by atoms with Gasteiger partial charge in [-0.2, -0.15) is 0 Å². The highest BCUT2D eigenvalue weighted by Crippen LogP contribution is 2.38. The molecule has 2 aliphatic carbocycles. The lowest BCUT2D eigenvalue weighted by atomic mass is 9.81. The number of aromatic carboxylic acids is 1. The topological polar surface area (TPSA) is 98.1 Å². The van der Waals surface area contributed by atoms with Crippen LogP contribution >= 0.6 is 11.3 Å². The number of rotatable bonds is 4. The number of nitrogens with zero attached hydrogens (tertiary/aromatic N) is 1. The highest BCUT2D eigenvalue weighted by molar-refractivity contribution is 7.15. The van der Waals surface area contributed by atoms with Crippen molar-refractivity contribution in [1.82, 2.24) is 0 Å². The molecule has 0 radical (unpaired) electrons. The van der Waals surface area contributed by atoms with Crippen LogP contribution in [-0.4, -0.2) is 46.5 Å². The number of aliphatic hydroxyl groups excluding tert-OH is 2. The molecule has 184 valence electrons. The van der Waals surface area contributed by atoms with Crippen molar-refractivity contribution in [3.63, 3.8) is 0 Å². The van der Waals surface area contributed by atoms with Crippen LogP contribution in [-0.2, 0) is 4.79 Å². The first-order valence-electron chi connectivity index (χ1n) is 11.9. The van der Waals surface area contributed by atoms with E-state index in [2.05, 4.69) is 18.8 Å². The van der Waals surface area contributed by atoms with Crippen LogP contribution in [0.3, 0.4) is 0 Å². The third kappa shape index (κ3) is 7.56. The Bertz CT molecular complexity index is 859. The van der Waals surface area contributed by atoms with E-state index in [4.69, 9.17) is 5.11 Å². The molecule has 2 saturated carbocycles. The summed E-state index contributed by atoms with van der Waals surface area (Å²) in [6.45, 7) is 8.27. The lowest BCUT2D eigenvalue weighted by molar-refractivity contribution is -0.124. The maximum absolute atomic E-state index is 13.7. The normalized spacial score (nSPS) is 25.2. The molecule has 1 amide bonds. The Hall–Kier alpha value is -1.88. The second-order valence-corrected chi connectivity index (χ2v) is 11.3. The molecule has 0 unspecified atom stereocenters. The summed E-state index contributed by atoms with van der Waals surface area (Å²) in [4.78, 5) is 28.5. The molecule has 0 spiro atoms. The number of hydrogen-bond acceptors (Lipinski definition) is 5. The summed E-state index contributed by atoms with van der Waals surface area (Å²) in [5.41, 5.74) is 0.294. The van der Waals surface area contributed by atoms with Crippen molar-refractivity contribution in [3.8, 4) is 11.8 Å². The highest BCUT2D eigenvalue weighted by atomic mass is 32.1. The number of thiophene rings is 1. The van der Waals surface area contributed by atoms with Gasteiger partial charge in [-0.1, -0.05) is 18.8 Å². The van der Waals surface area contributed by atoms with Gasteiger partial charge in [0.2, 0.25) is 5.91 Å². The van der Waals surface area contributed by atoms with Gasteiger partial charge in [0.1, 0.15) is 4.88 Å². The molecule has 0 atom stereocenters. The van der Waals surface area contributed by atoms with Gasteiger partial charge in [0, 0.05) is 24.5 Å². The van der Waals surface area contributed by atoms with E-state index in [1.807, 2.05) is 20.8 Å². The van der Waals surface area contributed by atoms with Gasteiger partial charge in [-0.25, -0.2) is 4.79 Å². The van der Waals surface area contributed by atoms with E-state index in [0.717, 1.165) is 44.1 Å². The molecule has 1 aromatic rings. The summed E-state index contributed by atoms with van der Waals surface area (Å²) in [5.74, 6) is 5.89. The van der Waals surface area contributed by atoms with Crippen LogP contribution in [0.5, 0.6) is 0 Å². The molecule has 0 bridgehead atoms. The first kappa shape index (κ1) is 27.4. The maximum Gasteiger partial charge on any atom is 0.348 e. The number of hydrogen-bond donors (Lipinski definition) is 3. The summed E-state index contributed by atoms with van der Waals surface area (Å²) in [6, 6.07) is 1.72. The zero-order valence-corrected chi connectivity index (χ0v) is 21.4. The first-order valence-corrected chi connectivity index (χ1v) is 12.7. The molecule has 0 saturated heterocycles. The second-order valence-electron chi connectivity index (χ2n) is 10.3. The van der Waals surface area contributed by atoms with Crippen molar-refractivity contribution in [2.24, 2.45) is 17.3 Å². The van der Waals surface area contributed by atoms with E-state index in [1.54, 1.807) is 11.0 Å². The summed E-state index contributed by atoms with van der Waals surface area (Å²) in [5, 5.41) is 26.9. The molecule has 1 aromatic heterocycles. The molecule has 0 aromatic carbocycles. The molecule has 1 heterocycles. The number of aliphatic hydroxyl groups is 2. The molecule has 3 N–H and O–H groups in total. The van der Waals surface area contributed by atoms with Crippen LogP contribution in [0.1, 0.15) is 93.6 Å². The Balaban J connectivity index is 0.00000187. The van der Waals surface area contributed by atoms with E-state index in [0.29, 0.717) is 42.2 Å². The minimum atomic E-state index is -1.02. The fraction of sp³-hybridized carbons (Fsp3) is 0.692. The lowest BCUT2D eigenvalue weighted by Gasteiger charge is -2.38. The van der Waals surface area contributed by atoms with Crippen LogP contribution in [0.25, 0.3) is 0 Å². The first-order chi connectivity index (χ1) is 15.5. The monoisotopic (exact) mass is 477 g/mol. The zero-order valence-electron chi connectivity index (χ0n) is 20.6. The van der Waals surface area contributed by atoms with Crippen molar-refractivity contribution in [2.45, 2.75) is 91.2 Å². The van der Waals surface area contributed by atoms with E-state index in [-0.39, 0.29) is 34.3 Å². The van der Waals surface area contributed by atoms with Gasteiger partial charge in [0.05, 0.1) is 16.7 Å².